The van der Waals surface area contributed by atoms with Gasteiger partial charge in [0.1, 0.15) is 0 Å². The van der Waals surface area contributed by atoms with Crippen molar-refractivity contribution in [2.24, 2.45) is 5.92 Å². The van der Waals surface area contributed by atoms with Crippen LogP contribution < -0.4 is 0 Å². The van der Waals surface area contributed by atoms with E-state index in [1.807, 2.05) is 29.2 Å². The molecule has 1 aromatic heterocycles. The highest BCUT2D eigenvalue weighted by molar-refractivity contribution is 5.94. The van der Waals surface area contributed by atoms with E-state index in [4.69, 9.17) is 4.74 Å². The molecule has 2 heterocycles. The number of ether oxygens (including phenoxy) is 1. The van der Waals surface area contributed by atoms with Gasteiger partial charge in [-0.15, -0.1) is 0 Å². The Morgan fingerprint density at radius 2 is 2.07 bits per heavy atom. The molecule has 2 aromatic rings. The average molecular weight is 367 g/mol. The van der Waals surface area contributed by atoms with E-state index in [2.05, 4.69) is 36.1 Å². The Bertz CT molecular complexity index is 756. The third-order valence-corrected chi connectivity index (χ3v) is 5.00. The zero-order valence-corrected chi connectivity index (χ0v) is 16.5. The number of hydrogen-bond donors (Lipinski definition) is 0. The molecule has 0 saturated carbocycles. The van der Waals surface area contributed by atoms with E-state index in [0.717, 1.165) is 43.7 Å². The van der Waals surface area contributed by atoms with E-state index >= 15 is 0 Å². The molecule has 0 spiro atoms. The summed E-state index contributed by atoms with van der Waals surface area (Å²) in [4.78, 5) is 21.5. The summed E-state index contributed by atoms with van der Waals surface area (Å²) in [6.07, 6.45) is 3.87. The quantitative estimate of drug-likeness (QED) is 0.786. The van der Waals surface area contributed by atoms with Crippen LogP contribution in [0, 0.1) is 5.92 Å². The second-order valence-corrected chi connectivity index (χ2v) is 7.54. The minimum atomic E-state index is 0.0661. The van der Waals surface area contributed by atoms with Crippen molar-refractivity contribution in [3.05, 3.63) is 53.7 Å². The van der Waals surface area contributed by atoms with Gasteiger partial charge in [-0.25, -0.2) is 0 Å². The van der Waals surface area contributed by atoms with Crippen LogP contribution in [0.15, 0.2) is 42.6 Å². The SMILES string of the molecule is COCC1CCCN(C(=O)c2ccc(-c3ccccc3CN(C)C)nc2)C1. The minimum Gasteiger partial charge on any atom is -0.384 e. The Morgan fingerprint density at radius 3 is 2.78 bits per heavy atom. The number of piperidine rings is 1. The molecule has 1 atom stereocenters. The second-order valence-electron chi connectivity index (χ2n) is 7.54. The molecule has 1 saturated heterocycles. The third-order valence-electron chi connectivity index (χ3n) is 5.00. The van der Waals surface area contributed by atoms with Crippen molar-refractivity contribution in [2.75, 3.05) is 40.9 Å². The Hall–Kier alpha value is -2.24. The van der Waals surface area contributed by atoms with Gasteiger partial charge in [0.05, 0.1) is 17.9 Å². The number of carbonyl (C=O) groups excluding carboxylic acids is 1. The first-order valence-electron chi connectivity index (χ1n) is 9.55. The lowest BCUT2D eigenvalue weighted by molar-refractivity contribution is 0.0570. The fourth-order valence-electron chi connectivity index (χ4n) is 3.73. The number of pyridine rings is 1. The van der Waals surface area contributed by atoms with Crippen LogP contribution in [0.4, 0.5) is 0 Å². The number of methoxy groups -OCH3 is 1. The highest BCUT2D eigenvalue weighted by Crippen LogP contribution is 2.24. The standard InChI is InChI=1S/C22H29N3O2/c1-24(2)15-19-8-4-5-9-20(19)21-11-10-18(13-23-21)22(26)25-12-6-7-17(14-25)16-27-3/h4-5,8-11,13,17H,6-7,12,14-16H2,1-3H3. The summed E-state index contributed by atoms with van der Waals surface area (Å²) < 4.78 is 5.26. The highest BCUT2D eigenvalue weighted by Gasteiger charge is 2.24. The van der Waals surface area contributed by atoms with Gasteiger partial charge in [-0.05, 0) is 50.6 Å². The fraction of sp³-hybridized carbons (Fsp3) is 0.455. The molecule has 144 valence electrons. The fourth-order valence-corrected chi connectivity index (χ4v) is 3.73. The lowest BCUT2D eigenvalue weighted by atomic mass is 9.98. The van der Waals surface area contributed by atoms with Crippen LogP contribution in [0.3, 0.4) is 0 Å². The first kappa shape index (κ1) is 19.5. The van der Waals surface area contributed by atoms with Crippen LogP contribution >= 0.6 is 0 Å². The van der Waals surface area contributed by atoms with Crippen LogP contribution in [0.1, 0.15) is 28.8 Å². The lowest BCUT2D eigenvalue weighted by Gasteiger charge is -2.32. The monoisotopic (exact) mass is 367 g/mol. The number of rotatable bonds is 6. The number of aromatic nitrogens is 1. The van der Waals surface area contributed by atoms with Crippen molar-refractivity contribution in [1.29, 1.82) is 0 Å². The van der Waals surface area contributed by atoms with Gasteiger partial charge in [0, 0.05) is 38.5 Å². The predicted molar refractivity (Wildman–Crippen MR) is 108 cm³/mol. The molecule has 3 rings (SSSR count). The van der Waals surface area contributed by atoms with Crippen LogP contribution in [0.25, 0.3) is 11.3 Å². The molecule has 0 radical (unpaired) electrons. The minimum absolute atomic E-state index is 0.0661. The molecule has 5 heteroatoms. The van der Waals surface area contributed by atoms with Crippen LogP contribution in [0.5, 0.6) is 0 Å². The van der Waals surface area contributed by atoms with Gasteiger partial charge in [0.25, 0.3) is 5.91 Å². The molecule has 1 amide bonds. The van der Waals surface area contributed by atoms with Crippen molar-refractivity contribution in [2.45, 2.75) is 19.4 Å². The van der Waals surface area contributed by atoms with Gasteiger partial charge in [0.15, 0.2) is 0 Å². The number of carbonyl (C=O) groups is 1. The van der Waals surface area contributed by atoms with Crippen LogP contribution in [-0.4, -0.2) is 61.6 Å². The summed E-state index contributed by atoms with van der Waals surface area (Å²) >= 11 is 0. The van der Waals surface area contributed by atoms with Gasteiger partial charge < -0.3 is 14.5 Å². The molecule has 1 aromatic carbocycles. The zero-order valence-electron chi connectivity index (χ0n) is 16.5. The molecule has 0 bridgehead atoms. The Morgan fingerprint density at radius 1 is 1.26 bits per heavy atom. The van der Waals surface area contributed by atoms with Crippen molar-refractivity contribution >= 4 is 5.91 Å². The number of amides is 1. The summed E-state index contributed by atoms with van der Waals surface area (Å²) in [6, 6.07) is 12.1. The van der Waals surface area contributed by atoms with Crippen LogP contribution in [-0.2, 0) is 11.3 Å². The molecule has 5 nitrogen and oxygen atoms in total. The normalized spacial score (nSPS) is 17.3. The van der Waals surface area contributed by atoms with Crippen LogP contribution in [0.2, 0.25) is 0 Å². The maximum absolute atomic E-state index is 12.8. The Labute approximate surface area is 162 Å². The molecule has 1 aliphatic heterocycles. The van der Waals surface area contributed by atoms with E-state index < -0.39 is 0 Å². The lowest BCUT2D eigenvalue weighted by Crippen LogP contribution is -2.41. The topological polar surface area (TPSA) is 45.7 Å². The zero-order chi connectivity index (χ0) is 19.2. The molecular formula is C22H29N3O2. The summed E-state index contributed by atoms with van der Waals surface area (Å²) in [5.41, 5.74) is 3.90. The molecule has 27 heavy (non-hydrogen) atoms. The van der Waals surface area contributed by atoms with Crippen molar-refractivity contribution < 1.29 is 9.53 Å². The van der Waals surface area contributed by atoms with E-state index in [9.17, 15) is 4.79 Å². The first-order chi connectivity index (χ1) is 13.1. The smallest absolute Gasteiger partial charge is 0.255 e. The third kappa shape index (κ3) is 4.93. The largest absolute Gasteiger partial charge is 0.384 e. The van der Waals surface area contributed by atoms with Gasteiger partial charge in [-0.3, -0.25) is 9.78 Å². The Kier molecular flexibility index (Phi) is 6.58. The highest BCUT2D eigenvalue weighted by atomic mass is 16.5. The molecule has 1 fully saturated rings. The summed E-state index contributed by atoms with van der Waals surface area (Å²) in [7, 11) is 5.83. The number of nitrogens with zero attached hydrogens (tertiary/aromatic N) is 3. The van der Waals surface area contributed by atoms with Gasteiger partial charge >= 0.3 is 0 Å². The Balaban J connectivity index is 1.75. The maximum atomic E-state index is 12.8. The maximum Gasteiger partial charge on any atom is 0.255 e. The number of hydrogen-bond acceptors (Lipinski definition) is 4. The number of benzene rings is 1. The predicted octanol–water partition coefficient (Wildman–Crippen LogP) is 3.31. The number of likely N-dealkylation sites (tertiary alicyclic amines) is 1. The van der Waals surface area contributed by atoms with Crippen molar-refractivity contribution in [1.82, 2.24) is 14.8 Å². The van der Waals surface area contributed by atoms with Crippen molar-refractivity contribution in [3.8, 4) is 11.3 Å². The first-order valence-corrected chi connectivity index (χ1v) is 9.55. The molecule has 0 N–H and O–H groups in total. The molecule has 1 unspecified atom stereocenters. The molecular weight excluding hydrogens is 338 g/mol. The van der Waals surface area contributed by atoms with E-state index in [-0.39, 0.29) is 5.91 Å². The summed E-state index contributed by atoms with van der Waals surface area (Å²) in [5, 5.41) is 0. The van der Waals surface area contributed by atoms with Gasteiger partial charge in [-0.2, -0.15) is 0 Å². The summed E-state index contributed by atoms with van der Waals surface area (Å²) in [5.74, 6) is 0.495. The van der Waals surface area contributed by atoms with Crippen molar-refractivity contribution in [3.63, 3.8) is 0 Å². The van der Waals surface area contributed by atoms with Gasteiger partial charge in [0.2, 0.25) is 0 Å². The van der Waals surface area contributed by atoms with E-state index in [0.29, 0.717) is 18.1 Å². The average Bonchev–Trinajstić information content (AvgIpc) is 2.68. The molecule has 1 aliphatic rings. The summed E-state index contributed by atoms with van der Waals surface area (Å²) in [6.45, 7) is 3.14. The molecule has 0 aliphatic carbocycles. The second kappa shape index (κ2) is 9.11. The van der Waals surface area contributed by atoms with E-state index in [1.54, 1.807) is 13.3 Å². The van der Waals surface area contributed by atoms with Gasteiger partial charge in [-0.1, -0.05) is 24.3 Å². The van der Waals surface area contributed by atoms with E-state index in [1.165, 1.54) is 5.56 Å².